The van der Waals surface area contributed by atoms with Crippen LogP contribution in [-0.2, 0) is 16.0 Å². The summed E-state index contributed by atoms with van der Waals surface area (Å²) in [5.74, 6) is 0.448. The molecular formula is C21H25NO4. The maximum Gasteiger partial charge on any atom is 0.338 e. The number of amides is 1. The molecule has 0 saturated heterocycles. The monoisotopic (exact) mass is 355 g/mol. The van der Waals surface area contributed by atoms with E-state index in [4.69, 9.17) is 9.47 Å². The van der Waals surface area contributed by atoms with E-state index < -0.39 is 0 Å². The number of nitrogens with zero attached hydrogens (tertiary/aromatic N) is 1. The Balaban J connectivity index is 1.69. The van der Waals surface area contributed by atoms with Gasteiger partial charge in [-0.15, -0.1) is 0 Å². The number of benzene rings is 2. The largest absolute Gasteiger partial charge is 0.494 e. The molecule has 0 saturated carbocycles. The highest BCUT2D eigenvalue weighted by Gasteiger charge is 2.09. The molecule has 0 spiro atoms. The minimum Gasteiger partial charge on any atom is -0.494 e. The Morgan fingerprint density at radius 2 is 1.69 bits per heavy atom. The van der Waals surface area contributed by atoms with Gasteiger partial charge in [-0.2, -0.15) is 0 Å². The van der Waals surface area contributed by atoms with Crippen molar-refractivity contribution < 1.29 is 19.1 Å². The van der Waals surface area contributed by atoms with E-state index in [1.165, 1.54) is 0 Å². The van der Waals surface area contributed by atoms with Crippen molar-refractivity contribution in [2.24, 2.45) is 0 Å². The Morgan fingerprint density at radius 3 is 2.35 bits per heavy atom. The fraction of sp³-hybridized carbons (Fsp3) is 0.333. The fourth-order valence-electron chi connectivity index (χ4n) is 2.42. The van der Waals surface area contributed by atoms with Gasteiger partial charge in [0.1, 0.15) is 5.75 Å². The van der Waals surface area contributed by atoms with E-state index in [0.29, 0.717) is 37.5 Å². The highest BCUT2D eigenvalue weighted by Crippen LogP contribution is 2.13. The number of carbonyl (C=O) groups is 2. The maximum absolute atomic E-state index is 12.2. The van der Waals surface area contributed by atoms with Gasteiger partial charge in [0.25, 0.3) is 0 Å². The average Bonchev–Trinajstić information content (AvgIpc) is 2.66. The summed E-state index contributed by atoms with van der Waals surface area (Å²) in [5, 5.41) is 0. The SMILES string of the molecule is CCOC(=O)c1ccc(OCCCN(C)C(=O)Cc2ccccc2)cc1. The van der Waals surface area contributed by atoms with E-state index in [1.54, 1.807) is 43.1 Å². The second-order valence-electron chi connectivity index (χ2n) is 5.92. The summed E-state index contributed by atoms with van der Waals surface area (Å²) >= 11 is 0. The molecule has 0 atom stereocenters. The van der Waals surface area contributed by atoms with Crippen LogP contribution in [0, 0.1) is 0 Å². The molecule has 138 valence electrons. The summed E-state index contributed by atoms with van der Waals surface area (Å²) in [6, 6.07) is 16.6. The lowest BCUT2D eigenvalue weighted by atomic mass is 10.1. The van der Waals surface area contributed by atoms with E-state index in [9.17, 15) is 9.59 Å². The normalized spacial score (nSPS) is 10.2. The van der Waals surface area contributed by atoms with E-state index in [2.05, 4.69) is 0 Å². The summed E-state index contributed by atoms with van der Waals surface area (Å²) in [4.78, 5) is 25.5. The zero-order valence-corrected chi connectivity index (χ0v) is 15.3. The third kappa shape index (κ3) is 6.24. The highest BCUT2D eigenvalue weighted by molar-refractivity contribution is 5.89. The Kier molecular flexibility index (Phi) is 7.68. The standard InChI is InChI=1S/C21H25NO4/c1-3-25-21(24)18-10-12-19(13-11-18)26-15-7-14-22(2)20(23)16-17-8-5-4-6-9-17/h4-6,8-13H,3,7,14-16H2,1-2H3. The van der Waals surface area contributed by atoms with Crippen LogP contribution in [0.2, 0.25) is 0 Å². The molecule has 5 heteroatoms. The Hall–Kier alpha value is -2.82. The third-order valence-electron chi connectivity index (χ3n) is 3.90. The van der Waals surface area contributed by atoms with Gasteiger partial charge >= 0.3 is 5.97 Å². The van der Waals surface area contributed by atoms with Crippen LogP contribution in [0.5, 0.6) is 5.75 Å². The summed E-state index contributed by atoms with van der Waals surface area (Å²) in [6.07, 6.45) is 1.14. The van der Waals surface area contributed by atoms with Crippen molar-refractivity contribution in [2.45, 2.75) is 19.8 Å². The minimum absolute atomic E-state index is 0.0926. The summed E-state index contributed by atoms with van der Waals surface area (Å²) in [7, 11) is 1.80. The third-order valence-corrected chi connectivity index (χ3v) is 3.90. The summed E-state index contributed by atoms with van der Waals surface area (Å²) in [5.41, 5.74) is 1.52. The maximum atomic E-state index is 12.2. The highest BCUT2D eigenvalue weighted by atomic mass is 16.5. The van der Waals surface area contributed by atoms with Crippen LogP contribution in [-0.4, -0.2) is 43.6 Å². The zero-order chi connectivity index (χ0) is 18.8. The van der Waals surface area contributed by atoms with Crippen molar-refractivity contribution in [1.82, 2.24) is 4.90 Å². The Bertz CT molecular complexity index is 698. The van der Waals surface area contributed by atoms with Crippen molar-refractivity contribution in [2.75, 3.05) is 26.8 Å². The van der Waals surface area contributed by atoms with Crippen LogP contribution in [0.25, 0.3) is 0 Å². The number of carbonyl (C=O) groups excluding carboxylic acids is 2. The van der Waals surface area contributed by atoms with Gasteiger partial charge in [0, 0.05) is 13.6 Å². The number of rotatable bonds is 9. The van der Waals surface area contributed by atoms with Gasteiger partial charge in [0.2, 0.25) is 5.91 Å². The molecule has 0 fully saturated rings. The molecule has 5 nitrogen and oxygen atoms in total. The van der Waals surface area contributed by atoms with Crippen LogP contribution >= 0.6 is 0 Å². The quantitative estimate of drug-likeness (QED) is 0.511. The van der Waals surface area contributed by atoms with Crippen molar-refractivity contribution in [3.8, 4) is 5.75 Å². The molecule has 0 bridgehead atoms. The smallest absolute Gasteiger partial charge is 0.338 e. The number of likely N-dealkylation sites (N-methyl/N-ethyl adjacent to an activating group) is 1. The zero-order valence-electron chi connectivity index (χ0n) is 15.3. The van der Waals surface area contributed by atoms with Crippen molar-refractivity contribution in [3.63, 3.8) is 0 Å². The minimum atomic E-state index is -0.336. The first-order chi connectivity index (χ1) is 12.6. The molecule has 0 aliphatic rings. The molecule has 2 rings (SSSR count). The van der Waals surface area contributed by atoms with Gasteiger partial charge < -0.3 is 14.4 Å². The fourth-order valence-corrected chi connectivity index (χ4v) is 2.42. The first-order valence-corrected chi connectivity index (χ1v) is 8.78. The molecule has 0 heterocycles. The lowest BCUT2D eigenvalue weighted by Gasteiger charge is -2.17. The predicted octanol–water partition coefficient (Wildman–Crippen LogP) is 3.33. The van der Waals surface area contributed by atoms with Gasteiger partial charge in [-0.1, -0.05) is 30.3 Å². The second kappa shape index (κ2) is 10.2. The predicted molar refractivity (Wildman–Crippen MR) is 100 cm³/mol. The Morgan fingerprint density at radius 1 is 1.00 bits per heavy atom. The Labute approximate surface area is 154 Å². The number of ether oxygens (including phenoxy) is 2. The molecule has 0 unspecified atom stereocenters. The van der Waals surface area contributed by atoms with Crippen molar-refractivity contribution in [1.29, 1.82) is 0 Å². The van der Waals surface area contributed by atoms with Crippen LogP contribution in [0.3, 0.4) is 0 Å². The molecular weight excluding hydrogens is 330 g/mol. The van der Waals surface area contributed by atoms with Crippen LogP contribution in [0.15, 0.2) is 54.6 Å². The average molecular weight is 355 g/mol. The van der Waals surface area contributed by atoms with Gasteiger partial charge in [0.05, 0.1) is 25.2 Å². The second-order valence-corrected chi connectivity index (χ2v) is 5.92. The van der Waals surface area contributed by atoms with Crippen LogP contribution in [0.4, 0.5) is 0 Å². The number of hydrogen-bond acceptors (Lipinski definition) is 4. The van der Waals surface area contributed by atoms with Crippen molar-refractivity contribution >= 4 is 11.9 Å². The number of hydrogen-bond donors (Lipinski definition) is 0. The summed E-state index contributed by atoms with van der Waals surface area (Å²) < 4.78 is 10.6. The molecule has 1 amide bonds. The molecule has 0 N–H and O–H groups in total. The number of esters is 1. The van der Waals surface area contributed by atoms with Crippen LogP contribution < -0.4 is 4.74 Å². The molecule has 26 heavy (non-hydrogen) atoms. The summed E-state index contributed by atoms with van der Waals surface area (Å²) in [6.45, 7) is 3.26. The molecule has 2 aromatic carbocycles. The molecule has 0 radical (unpaired) electrons. The van der Waals surface area contributed by atoms with Gasteiger partial charge in [-0.3, -0.25) is 4.79 Å². The van der Waals surface area contributed by atoms with Gasteiger partial charge in [-0.25, -0.2) is 4.79 Å². The molecule has 0 aliphatic heterocycles. The topological polar surface area (TPSA) is 55.8 Å². The van der Waals surface area contributed by atoms with Crippen LogP contribution in [0.1, 0.15) is 29.3 Å². The van der Waals surface area contributed by atoms with E-state index in [1.807, 2.05) is 30.3 Å². The molecule has 0 aromatic heterocycles. The van der Waals surface area contributed by atoms with E-state index >= 15 is 0 Å². The van der Waals surface area contributed by atoms with E-state index in [-0.39, 0.29) is 11.9 Å². The van der Waals surface area contributed by atoms with Gasteiger partial charge in [0.15, 0.2) is 0 Å². The molecule has 2 aromatic rings. The van der Waals surface area contributed by atoms with E-state index in [0.717, 1.165) is 12.0 Å². The van der Waals surface area contributed by atoms with Gasteiger partial charge in [-0.05, 0) is 43.2 Å². The van der Waals surface area contributed by atoms with Crippen molar-refractivity contribution in [3.05, 3.63) is 65.7 Å². The lowest BCUT2D eigenvalue weighted by Crippen LogP contribution is -2.30. The lowest BCUT2D eigenvalue weighted by molar-refractivity contribution is -0.129. The molecule has 0 aliphatic carbocycles. The first kappa shape index (κ1) is 19.5. The first-order valence-electron chi connectivity index (χ1n) is 8.78.